The van der Waals surface area contributed by atoms with Crippen molar-refractivity contribution in [3.8, 4) is 11.3 Å². The summed E-state index contributed by atoms with van der Waals surface area (Å²) in [5.74, 6) is -0.935. The first-order valence-corrected chi connectivity index (χ1v) is 11.8. The summed E-state index contributed by atoms with van der Waals surface area (Å²) in [4.78, 5) is 46.8. The van der Waals surface area contributed by atoms with Gasteiger partial charge in [-0.25, -0.2) is 9.97 Å². The Balaban J connectivity index is 1.72. The quantitative estimate of drug-likeness (QED) is 0.279. The molecule has 0 fully saturated rings. The maximum Gasteiger partial charge on any atom is 0.274 e. The highest BCUT2D eigenvalue weighted by atomic mass is 35.5. The summed E-state index contributed by atoms with van der Waals surface area (Å²) < 4.78 is 4.21. The minimum atomic E-state index is -0.578. The lowest BCUT2D eigenvalue weighted by Crippen LogP contribution is -2.33. The van der Waals surface area contributed by atoms with E-state index in [2.05, 4.69) is 38.1 Å². The van der Waals surface area contributed by atoms with Gasteiger partial charge in [0.1, 0.15) is 0 Å². The summed E-state index contributed by atoms with van der Waals surface area (Å²) in [5, 5.41) is 6.86. The van der Waals surface area contributed by atoms with E-state index in [1.807, 2.05) is 18.2 Å². The highest BCUT2D eigenvalue weighted by Gasteiger charge is 2.22. The Hall–Kier alpha value is -3.89. The van der Waals surface area contributed by atoms with Crippen LogP contribution in [0.25, 0.3) is 22.0 Å². The maximum absolute atomic E-state index is 13.4. The second-order valence-corrected chi connectivity index (χ2v) is 8.79. The van der Waals surface area contributed by atoms with Crippen LogP contribution >= 0.6 is 24.4 Å². The molecule has 2 aromatic heterocycles. The van der Waals surface area contributed by atoms with E-state index in [0.717, 1.165) is 5.69 Å². The molecular weight excluding hydrogens is 500 g/mol. The summed E-state index contributed by atoms with van der Waals surface area (Å²) in [5.41, 5.74) is 2.11. The van der Waals surface area contributed by atoms with E-state index in [1.54, 1.807) is 44.3 Å². The number of fused-ring (bicyclic) bond motifs is 1. The number of carbonyl (C=O) groups excluding carboxylic acids is 2. The van der Waals surface area contributed by atoms with Crippen LogP contribution in [0.1, 0.15) is 36.1 Å². The molecule has 0 aliphatic carbocycles. The number of hydrogen-bond donors (Lipinski definition) is 4. The average Bonchev–Trinajstić information content (AvgIpc) is 2.85. The third kappa shape index (κ3) is 5.05. The van der Waals surface area contributed by atoms with Crippen molar-refractivity contribution in [3.05, 3.63) is 81.5 Å². The zero-order valence-corrected chi connectivity index (χ0v) is 21.3. The van der Waals surface area contributed by atoms with Gasteiger partial charge < -0.3 is 19.9 Å². The second-order valence-electron chi connectivity index (χ2n) is 8.16. The van der Waals surface area contributed by atoms with Gasteiger partial charge >= 0.3 is 0 Å². The van der Waals surface area contributed by atoms with Gasteiger partial charge in [-0.05, 0) is 36.6 Å². The zero-order valence-electron chi connectivity index (χ0n) is 19.7. The summed E-state index contributed by atoms with van der Waals surface area (Å²) in [6.07, 6.45) is 1.47. The average molecular weight is 523 g/mol. The number of rotatable bonds is 6. The molecule has 0 aliphatic heterocycles. The molecule has 0 bridgehead atoms. The van der Waals surface area contributed by atoms with Crippen LogP contribution in [0.3, 0.4) is 0 Å². The number of nitrogens with zero attached hydrogens (tertiary/aromatic N) is 3. The number of thiol groups is 1. The third-order valence-corrected chi connectivity index (χ3v) is 6.19. The zero-order chi connectivity index (χ0) is 26.0. The fourth-order valence-corrected chi connectivity index (χ4v) is 4.28. The van der Waals surface area contributed by atoms with E-state index >= 15 is 0 Å². The van der Waals surface area contributed by atoms with Gasteiger partial charge in [0.2, 0.25) is 5.91 Å². The predicted molar refractivity (Wildman–Crippen MR) is 144 cm³/mol. The lowest BCUT2D eigenvalue weighted by molar-refractivity contribution is -0.114. The summed E-state index contributed by atoms with van der Waals surface area (Å²) in [6, 6.07) is 13.7. The molecule has 4 aromatic rings. The Bertz CT molecular complexity index is 1560. The number of hydrogen-bond acceptors (Lipinski definition) is 7. The first-order valence-electron chi connectivity index (χ1n) is 10.9. The van der Waals surface area contributed by atoms with Crippen LogP contribution < -0.4 is 20.9 Å². The maximum atomic E-state index is 13.4. The molecule has 9 nitrogen and oxygen atoms in total. The molecule has 2 heterocycles. The molecule has 3 N–H and O–H groups in total. The van der Waals surface area contributed by atoms with Crippen LogP contribution in [0.5, 0.6) is 0 Å². The van der Waals surface area contributed by atoms with E-state index in [0.29, 0.717) is 32.7 Å². The molecule has 36 heavy (non-hydrogen) atoms. The smallest absolute Gasteiger partial charge is 0.274 e. The normalized spacial score (nSPS) is 11.7. The molecule has 0 radical (unpaired) electrons. The Morgan fingerprint density at radius 2 is 1.89 bits per heavy atom. The highest BCUT2D eigenvalue weighted by molar-refractivity contribution is 7.81. The number of aromatic nitrogens is 3. The molecule has 2 aromatic carbocycles. The number of halogens is 1. The van der Waals surface area contributed by atoms with Crippen molar-refractivity contribution in [2.24, 2.45) is 7.05 Å². The van der Waals surface area contributed by atoms with Crippen LogP contribution in [0.4, 0.5) is 11.5 Å². The first kappa shape index (κ1) is 25.2. The number of benzene rings is 2. The molecule has 0 unspecified atom stereocenters. The second kappa shape index (κ2) is 10.4. The van der Waals surface area contributed by atoms with Gasteiger partial charge in [-0.3, -0.25) is 14.4 Å². The number of pyridine rings is 1. The lowest BCUT2D eigenvalue weighted by Gasteiger charge is -2.19. The molecule has 0 saturated heterocycles. The Morgan fingerprint density at radius 1 is 1.14 bits per heavy atom. The van der Waals surface area contributed by atoms with Gasteiger partial charge in [-0.2, -0.15) is 0 Å². The SMILES string of the molecule is CC(=O)Nc1ncc(-c2cccc(NS)c2)nc1C(=O)N[C@@H](C)c1cc2cccc(Cl)c2c(=O)n1C. The summed E-state index contributed by atoms with van der Waals surface area (Å²) in [7, 11) is 1.62. The van der Waals surface area contributed by atoms with E-state index in [1.165, 1.54) is 17.7 Å². The van der Waals surface area contributed by atoms with Crippen molar-refractivity contribution in [1.29, 1.82) is 0 Å². The highest BCUT2D eigenvalue weighted by Crippen LogP contribution is 2.25. The molecule has 11 heteroatoms. The fourth-order valence-electron chi connectivity index (χ4n) is 3.88. The van der Waals surface area contributed by atoms with E-state index in [4.69, 9.17) is 11.6 Å². The molecule has 2 amide bonds. The van der Waals surface area contributed by atoms with Crippen molar-refractivity contribution in [3.63, 3.8) is 0 Å². The standard InChI is InChI=1S/C25H23ClN6O3S/c1-13(20-11-16-7-5-9-18(26)21(16)25(35)32(20)3)28-24(34)22-23(29-14(2)33)27-12-19(30-22)15-6-4-8-17(10-15)31-36/h4-13,31,36H,1-3H3,(H,28,34)(H,27,29,33)/t13-/m0/s1. The molecule has 4 rings (SSSR count). The van der Waals surface area contributed by atoms with Crippen LogP contribution in [0.15, 0.2) is 59.5 Å². The monoisotopic (exact) mass is 522 g/mol. The van der Waals surface area contributed by atoms with Gasteiger partial charge in [-0.1, -0.05) is 48.7 Å². The fraction of sp³-hybridized carbons (Fsp3) is 0.160. The molecule has 0 saturated carbocycles. The largest absolute Gasteiger partial charge is 0.343 e. The van der Waals surface area contributed by atoms with E-state index < -0.39 is 17.9 Å². The van der Waals surface area contributed by atoms with Crippen molar-refractivity contribution in [1.82, 2.24) is 19.9 Å². The van der Waals surface area contributed by atoms with E-state index in [-0.39, 0.29) is 17.1 Å². The van der Waals surface area contributed by atoms with Crippen LogP contribution in [0.2, 0.25) is 5.02 Å². The number of carbonyl (C=O) groups is 2. The topological polar surface area (TPSA) is 118 Å². The molecule has 0 aliphatic rings. The Kier molecular flexibility index (Phi) is 7.27. The third-order valence-electron chi connectivity index (χ3n) is 5.62. The minimum Gasteiger partial charge on any atom is -0.343 e. The van der Waals surface area contributed by atoms with E-state index in [9.17, 15) is 14.4 Å². The van der Waals surface area contributed by atoms with Gasteiger partial charge in [0.15, 0.2) is 11.5 Å². The minimum absolute atomic E-state index is 0.0265. The van der Waals surface area contributed by atoms with Crippen LogP contribution in [-0.4, -0.2) is 26.3 Å². The summed E-state index contributed by atoms with van der Waals surface area (Å²) >= 11 is 10.3. The molecular formula is C25H23ClN6O3S. The van der Waals surface area contributed by atoms with Crippen molar-refractivity contribution in [2.75, 3.05) is 10.0 Å². The summed E-state index contributed by atoms with van der Waals surface area (Å²) in [6.45, 7) is 3.07. The molecule has 184 valence electrons. The molecule has 0 spiro atoms. The lowest BCUT2D eigenvalue weighted by atomic mass is 10.1. The Labute approximate surface area is 217 Å². The number of nitrogens with one attached hydrogen (secondary N) is 3. The van der Waals surface area contributed by atoms with Crippen molar-refractivity contribution >= 4 is 58.5 Å². The Morgan fingerprint density at radius 3 is 2.61 bits per heavy atom. The number of amides is 2. The van der Waals surface area contributed by atoms with Crippen LogP contribution in [0, 0.1) is 0 Å². The van der Waals surface area contributed by atoms with Gasteiger partial charge in [0.25, 0.3) is 11.5 Å². The first-order chi connectivity index (χ1) is 17.2. The van der Waals surface area contributed by atoms with Gasteiger partial charge in [0.05, 0.1) is 28.3 Å². The van der Waals surface area contributed by atoms with Crippen molar-refractivity contribution in [2.45, 2.75) is 19.9 Å². The van der Waals surface area contributed by atoms with Crippen LogP contribution in [-0.2, 0) is 11.8 Å². The van der Waals surface area contributed by atoms with Gasteiger partial charge in [0, 0.05) is 30.9 Å². The molecule has 1 atom stereocenters. The predicted octanol–water partition coefficient (Wildman–Crippen LogP) is 4.36. The van der Waals surface area contributed by atoms with Gasteiger partial charge in [-0.15, -0.1) is 0 Å². The number of anilines is 2. The van der Waals surface area contributed by atoms with Crippen molar-refractivity contribution < 1.29 is 9.59 Å².